The standard InChI is InChI=1S/C20H22N4S2/c1-15-3-5-21-17(9-15)11-25-13-19-20(24-8-7-23-19)14-26-12-18-10-16(2)4-6-22-18/h3-10H,11-14H2,1-2H3. The molecule has 4 nitrogen and oxygen atoms in total. The molecule has 0 N–H and O–H groups in total. The maximum atomic E-state index is 4.53. The topological polar surface area (TPSA) is 51.6 Å². The van der Waals surface area contributed by atoms with Crippen LogP contribution in [0.25, 0.3) is 0 Å². The van der Waals surface area contributed by atoms with Gasteiger partial charge in [-0.05, 0) is 49.2 Å². The maximum absolute atomic E-state index is 4.53. The van der Waals surface area contributed by atoms with Crippen molar-refractivity contribution in [2.45, 2.75) is 36.9 Å². The van der Waals surface area contributed by atoms with Crippen molar-refractivity contribution in [3.05, 3.63) is 83.0 Å². The Morgan fingerprint density at radius 3 is 1.50 bits per heavy atom. The first-order valence-corrected chi connectivity index (χ1v) is 10.8. The van der Waals surface area contributed by atoms with E-state index < -0.39 is 0 Å². The molecule has 3 rings (SSSR count). The highest BCUT2D eigenvalue weighted by atomic mass is 32.2. The molecule has 0 aromatic carbocycles. The molecular weight excluding hydrogens is 360 g/mol. The van der Waals surface area contributed by atoms with Gasteiger partial charge >= 0.3 is 0 Å². The molecule has 0 unspecified atom stereocenters. The summed E-state index contributed by atoms with van der Waals surface area (Å²) in [6.45, 7) is 4.19. The summed E-state index contributed by atoms with van der Waals surface area (Å²) in [6.07, 6.45) is 7.29. The summed E-state index contributed by atoms with van der Waals surface area (Å²) in [5.74, 6) is 3.47. The molecule has 0 saturated heterocycles. The molecule has 3 aromatic heterocycles. The van der Waals surface area contributed by atoms with Gasteiger partial charge in [0.1, 0.15) is 0 Å². The van der Waals surface area contributed by atoms with Crippen LogP contribution < -0.4 is 0 Å². The Bertz CT molecular complexity index is 784. The van der Waals surface area contributed by atoms with Gasteiger partial charge < -0.3 is 0 Å². The Labute approximate surface area is 163 Å². The fourth-order valence-electron chi connectivity index (χ4n) is 2.50. The number of aryl methyl sites for hydroxylation is 2. The van der Waals surface area contributed by atoms with E-state index in [1.54, 1.807) is 12.4 Å². The van der Waals surface area contributed by atoms with Crippen molar-refractivity contribution >= 4 is 23.5 Å². The highest BCUT2D eigenvalue weighted by Crippen LogP contribution is 2.22. The summed E-state index contributed by atoms with van der Waals surface area (Å²) in [5.41, 5.74) is 6.85. The van der Waals surface area contributed by atoms with Crippen molar-refractivity contribution in [3.8, 4) is 0 Å². The van der Waals surface area contributed by atoms with Gasteiger partial charge in [0.05, 0.1) is 22.8 Å². The molecule has 26 heavy (non-hydrogen) atoms. The lowest BCUT2D eigenvalue weighted by Crippen LogP contribution is -1.99. The summed E-state index contributed by atoms with van der Waals surface area (Å²) in [6, 6.07) is 8.31. The lowest BCUT2D eigenvalue weighted by atomic mass is 10.3. The van der Waals surface area contributed by atoms with Gasteiger partial charge in [0.2, 0.25) is 0 Å². The third kappa shape index (κ3) is 5.81. The molecule has 0 atom stereocenters. The van der Waals surface area contributed by atoms with Gasteiger partial charge in [-0.15, -0.1) is 23.5 Å². The molecule has 134 valence electrons. The van der Waals surface area contributed by atoms with E-state index in [2.05, 4.69) is 45.9 Å². The van der Waals surface area contributed by atoms with Crippen LogP contribution in [0.1, 0.15) is 33.9 Å². The molecule has 3 aromatic rings. The van der Waals surface area contributed by atoms with Crippen molar-refractivity contribution in [1.82, 2.24) is 19.9 Å². The minimum absolute atomic E-state index is 0.849. The van der Waals surface area contributed by atoms with E-state index in [0.29, 0.717) is 0 Å². The Balaban J connectivity index is 1.52. The highest BCUT2D eigenvalue weighted by molar-refractivity contribution is 7.98. The average Bonchev–Trinajstić information content (AvgIpc) is 2.63. The van der Waals surface area contributed by atoms with Gasteiger partial charge in [-0.3, -0.25) is 19.9 Å². The van der Waals surface area contributed by atoms with Crippen molar-refractivity contribution in [3.63, 3.8) is 0 Å². The van der Waals surface area contributed by atoms with Crippen molar-refractivity contribution in [1.29, 1.82) is 0 Å². The Hall–Kier alpha value is -1.92. The molecule has 3 heterocycles. The number of aromatic nitrogens is 4. The van der Waals surface area contributed by atoms with E-state index in [1.807, 2.05) is 48.1 Å². The monoisotopic (exact) mass is 382 g/mol. The number of hydrogen-bond acceptors (Lipinski definition) is 6. The molecular formula is C20H22N4S2. The fraction of sp³-hybridized carbons (Fsp3) is 0.300. The molecule has 0 spiro atoms. The predicted molar refractivity (Wildman–Crippen MR) is 110 cm³/mol. The second-order valence-electron chi connectivity index (χ2n) is 6.08. The van der Waals surface area contributed by atoms with Crippen LogP contribution in [0.5, 0.6) is 0 Å². The fourth-order valence-corrected chi connectivity index (χ4v) is 4.30. The molecule has 0 amide bonds. The maximum Gasteiger partial charge on any atom is 0.0726 e. The van der Waals surface area contributed by atoms with Crippen molar-refractivity contribution < 1.29 is 0 Å². The SMILES string of the molecule is Cc1ccnc(CSCc2nccnc2CSCc2cc(C)ccn2)c1. The van der Waals surface area contributed by atoms with Crippen molar-refractivity contribution in [2.24, 2.45) is 0 Å². The predicted octanol–water partition coefficient (Wildman–Crippen LogP) is 4.75. The largest absolute Gasteiger partial charge is 0.260 e. The van der Waals surface area contributed by atoms with Crippen LogP contribution >= 0.6 is 23.5 Å². The van der Waals surface area contributed by atoms with Gasteiger partial charge in [-0.2, -0.15) is 0 Å². The highest BCUT2D eigenvalue weighted by Gasteiger charge is 2.07. The first-order chi connectivity index (χ1) is 12.7. The van der Waals surface area contributed by atoms with Crippen LogP contribution in [0, 0.1) is 13.8 Å². The summed E-state index contributed by atoms with van der Waals surface area (Å²) < 4.78 is 0. The van der Waals surface area contributed by atoms with Gasteiger partial charge in [0.25, 0.3) is 0 Å². The van der Waals surface area contributed by atoms with E-state index in [-0.39, 0.29) is 0 Å². The third-order valence-electron chi connectivity index (χ3n) is 3.78. The van der Waals surface area contributed by atoms with Crippen molar-refractivity contribution in [2.75, 3.05) is 0 Å². The summed E-state index contributed by atoms with van der Waals surface area (Å²) >= 11 is 3.66. The summed E-state index contributed by atoms with van der Waals surface area (Å²) in [5, 5.41) is 0. The number of hydrogen-bond donors (Lipinski definition) is 0. The van der Waals surface area contributed by atoms with E-state index in [1.165, 1.54) is 11.1 Å². The van der Waals surface area contributed by atoms with Gasteiger partial charge in [0, 0.05) is 47.8 Å². The summed E-state index contributed by atoms with van der Waals surface area (Å²) in [7, 11) is 0. The average molecular weight is 383 g/mol. The summed E-state index contributed by atoms with van der Waals surface area (Å²) in [4.78, 5) is 17.9. The Morgan fingerprint density at radius 1 is 0.615 bits per heavy atom. The number of pyridine rings is 2. The van der Waals surface area contributed by atoms with Crippen LogP contribution in [0.2, 0.25) is 0 Å². The van der Waals surface area contributed by atoms with Crippen LogP contribution in [-0.2, 0) is 23.0 Å². The van der Waals surface area contributed by atoms with Crippen LogP contribution in [0.4, 0.5) is 0 Å². The zero-order valence-corrected chi connectivity index (χ0v) is 16.7. The molecule has 0 fully saturated rings. The second kappa shape index (κ2) is 9.69. The Morgan fingerprint density at radius 2 is 1.08 bits per heavy atom. The minimum Gasteiger partial charge on any atom is -0.260 e. The van der Waals surface area contributed by atoms with Gasteiger partial charge in [-0.25, -0.2) is 0 Å². The second-order valence-corrected chi connectivity index (χ2v) is 8.06. The lowest BCUT2D eigenvalue weighted by Gasteiger charge is -2.08. The molecule has 0 bridgehead atoms. The minimum atomic E-state index is 0.849. The first kappa shape index (κ1) is 18.9. The zero-order chi connectivity index (χ0) is 18.2. The Kier molecular flexibility index (Phi) is 7.03. The smallest absolute Gasteiger partial charge is 0.0726 e. The van der Waals surface area contributed by atoms with Crippen LogP contribution in [0.3, 0.4) is 0 Å². The molecule has 0 aliphatic carbocycles. The molecule has 6 heteroatoms. The zero-order valence-electron chi connectivity index (χ0n) is 15.1. The van der Waals surface area contributed by atoms with Gasteiger partial charge in [-0.1, -0.05) is 0 Å². The van der Waals surface area contributed by atoms with Gasteiger partial charge in [0.15, 0.2) is 0 Å². The van der Waals surface area contributed by atoms with E-state index in [9.17, 15) is 0 Å². The first-order valence-electron chi connectivity index (χ1n) is 8.48. The molecule has 0 aliphatic heterocycles. The quantitative estimate of drug-likeness (QED) is 0.560. The number of thioether (sulfide) groups is 2. The number of rotatable bonds is 8. The molecule has 0 saturated carbocycles. The van der Waals surface area contributed by atoms with Crippen LogP contribution in [-0.4, -0.2) is 19.9 Å². The van der Waals surface area contributed by atoms with E-state index in [4.69, 9.17) is 0 Å². The molecule has 0 aliphatic rings. The van der Waals surface area contributed by atoms with Crippen LogP contribution in [0.15, 0.2) is 49.1 Å². The number of nitrogens with zero attached hydrogens (tertiary/aromatic N) is 4. The third-order valence-corrected chi connectivity index (χ3v) is 5.74. The normalized spacial score (nSPS) is 10.8. The molecule has 0 radical (unpaired) electrons. The van der Waals surface area contributed by atoms with E-state index in [0.717, 1.165) is 45.8 Å². The lowest BCUT2D eigenvalue weighted by molar-refractivity contribution is 1.02. The van der Waals surface area contributed by atoms with E-state index >= 15 is 0 Å².